The Hall–Kier alpha value is -3.81. The van der Waals surface area contributed by atoms with Gasteiger partial charge in [-0.3, -0.25) is 0 Å². The fourth-order valence-electron chi connectivity index (χ4n) is 3.19. The third-order valence-electron chi connectivity index (χ3n) is 4.53. The molecule has 4 aromatic rings. The maximum atomic E-state index is 5.67. The number of rotatable bonds is 4. The molecule has 2 N–H and O–H groups in total. The molecule has 140 valence electrons. The molecule has 0 aliphatic carbocycles. The largest absolute Gasteiger partial charge is 0.490 e. The summed E-state index contributed by atoms with van der Waals surface area (Å²) in [5, 5.41) is 6.69. The predicted octanol–water partition coefficient (Wildman–Crippen LogP) is 3.35. The first kappa shape index (κ1) is 16.4. The lowest BCUT2D eigenvalue weighted by molar-refractivity contribution is 0.323. The van der Waals surface area contributed by atoms with E-state index < -0.39 is 0 Å². The van der Waals surface area contributed by atoms with Crippen LogP contribution in [0.2, 0.25) is 0 Å². The molecular formula is C20H18N6O2. The van der Waals surface area contributed by atoms with Gasteiger partial charge < -0.3 is 24.5 Å². The van der Waals surface area contributed by atoms with Crippen LogP contribution in [0.1, 0.15) is 0 Å². The molecule has 0 atom stereocenters. The summed E-state index contributed by atoms with van der Waals surface area (Å²) in [6.07, 6.45) is 7.30. The van der Waals surface area contributed by atoms with E-state index >= 15 is 0 Å². The van der Waals surface area contributed by atoms with Gasteiger partial charge in [-0.15, -0.1) is 0 Å². The van der Waals surface area contributed by atoms with E-state index in [-0.39, 0.29) is 0 Å². The first-order valence-electron chi connectivity index (χ1n) is 8.92. The monoisotopic (exact) mass is 374 g/mol. The Morgan fingerprint density at radius 1 is 1.18 bits per heavy atom. The number of anilines is 3. The van der Waals surface area contributed by atoms with Crippen LogP contribution in [0, 0.1) is 0 Å². The smallest absolute Gasteiger partial charge is 0.214 e. The predicted molar refractivity (Wildman–Crippen MR) is 106 cm³/mol. The summed E-state index contributed by atoms with van der Waals surface area (Å²) in [6.45, 7) is 1.47. The number of fused-ring (bicyclic) bond motifs is 2. The van der Waals surface area contributed by atoms with E-state index in [1.54, 1.807) is 19.5 Å². The van der Waals surface area contributed by atoms with Gasteiger partial charge in [-0.2, -0.15) is 0 Å². The molecule has 0 radical (unpaired) electrons. The van der Waals surface area contributed by atoms with Gasteiger partial charge in [0, 0.05) is 48.6 Å². The molecule has 0 fully saturated rings. The van der Waals surface area contributed by atoms with Crippen LogP contribution < -0.4 is 20.1 Å². The van der Waals surface area contributed by atoms with Crippen LogP contribution in [-0.4, -0.2) is 39.6 Å². The molecule has 3 aromatic heterocycles. The van der Waals surface area contributed by atoms with E-state index in [1.165, 1.54) is 0 Å². The summed E-state index contributed by atoms with van der Waals surface area (Å²) in [4.78, 5) is 13.4. The van der Waals surface area contributed by atoms with Crippen LogP contribution in [0.25, 0.3) is 16.9 Å². The number of ether oxygens (including phenoxy) is 2. The minimum absolute atomic E-state index is 0.529. The summed E-state index contributed by atoms with van der Waals surface area (Å²) in [6, 6.07) is 9.71. The van der Waals surface area contributed by atoms with E-state index in [4.69, 9.17) is 14.5 Å². The third-order valence-corrected chi connectivity index (χ3v) is 4.53. The lowest BCUT2D eigenvalue weighted by atomic mass is 10.1. The zero-order valence-corrected chi connectivity index (χ0v) is 15.2. The zero-order chi connectivity index (χ0) is 18.9. The highest BCUT2D eigenvalue weighted by molar-refractivity contribution is 5.76. The van der Waals surface area contributed by atoms with Gasteiger partial charge in [0.2, 0.25) is 5.88 Å². The van der Waals surface area contributed by atoms with Crippen molar-refractivity contribution in [1.29, 1.82) is 0 Å². The Morgan fingerprint density at radius 2 is 2.14 bits per heavy atom. The number of aromatic nitrogens is 4. The molecule has 28 heavy (non-hydrogen) atoms. The number of hydrogen-bond acceptors (Lipinski definition) is 7. The Kier molecular flexibility index (Phi) is 3.93. The van der Waals surface area contributed by atoms with Crippen molar-refractivity contribution in [2.45, 2.75) is 0 Å². The fourth-order valence-corrected chi connectivity index (χ4v) is 3.19. The molecule has 0 unspecified atom stereocenters. The molecular weight excluding hydrogens is 356 g/mol. The number of hydrogen-bond donors (Lipinski definition) is 2. The van der Waals surface area contributed by atoms with Gasteiger partial charge in [0.1, 0.15) is 12.4 Å². The van der Waals surface area contributed by atoms with E-state index in [0.717, 1.165) is 40.6 Å². The van der Waals surface area contributed by atoms with Crippen molar-refractivity contribution in [3.05, 3.63) is 55.1 Å². The van der Waals surface area contributed by atoms with Gasteiger partial charge >= 0.3 is 0 Å². The number of nitrogens with zero attached hydrogens (tertiary/aromatic N) is 4. The van der Waals surface area contributed by atoms with E-state index in [1.807, 2.05) is 41.1 Å². The van der Waals surface area contributed by atoms with Crippen LogP contribution in [0.4, 0.5) is 17.2 Å². The van der Waals surface area contributed by atoms with Gasteiger partial charge in [-0.1, -0.05) is 0 Å². The Labute approximate surface area is 161 Å². The summed E-state index contributed by atoms with van der Waals surface area (Å²) in [5.74, 6) is 2.04. The van der Waals surface area contributed by atoms with Crippen molar-refractivity contribution >= 4 is 22.8 Å². The Morgan fingerprint density at radius 3 is 3.07 bits per heavy atom. The standard InChI is InChI=1S/C20H18N6O2/c1-27-18-11-14(4-5-22-18)24-19-20-23-6-8-26(20)12-16(25-19)13-2-3-17-15(10-13)21-7-9-28-17/h2-6,8,10-12,21H,7,9H2,1H3,(H,22,24,25). The number of benzene rings is 1. The number of nitrogens with one attached hydrogen (secondary N) is 2. The van der Waals surface area contributed by atoms with Gasteiger partial charge in [-0.25, -0.2) is 15.0 Å². The number of methoxy groups -OCH3 is 1. The third kappa shape index (κ3) is 2.94. The minimum Gasteiger partial charge on any atom is -0.490 e. The SMILES string of the molecule is COc1cc(Nc2nc(-c3ccc4c(c3)NCCO4)cn3ccnc23)ccn1. The summed E-state index contributed by atoms with van der Waals surface area (Å²) in [7, 11) is 1.59. The van der Waals surface area contributed by atoms with Crippen LogP contribution in [-0.2, 0) is 0 Å². The van der Waals surface area contributed by atoms with Gasteiger partial charge in [0.25, 0.3) is 0 Å². The van der Waals surface area contributed by atoms with Crippen molar-refractivity contribution in [2.75, 3.05) is 30.9 Å². The van der Waals surface area contributed by atoms with Crippen LogP contribution >= 0.6 is 0 Å². The average Bonchev–Trinajstić information content (AvgIpc) is 3.22. The quantitative estimate of drug-likeness (QED) is 0.566. The van der Waals surface area contributed by atoms with E-state index in [9.17, 15) is 0 Å². The second kappa shape index (κ2) is 6.73. The second-order valence-electron chi connectivity index (χ2n) is 6.33. The molecule has 0 amide bonds. The molecule has 0 bridgehead atoms. The van der Waals surface area contributed by atoms with Gasteiger partial charge in [-0.05, 0) is 24.3 Å². The van der Waals surface area contributed by atoms with Crippen molar-refractivity contribution in [3.8, 4) is 22.9 Å². The summed E-state index contributed by atoms with van der Waals surface area (Å²) in [5.41, 5.74) is 4.34. The number of pyridine rings is 1. The Balaban J connectivity index is 1.57. The fraction of sp³-hybridized carbons (Fsp3) is 0.150. The maximum absolute atomic E-state index is 5.67. The second-order valence-corrected chi connectivity index (χ2v) is 6.33. The highest BCUT2D eigenvalue weighted by atomic mass is 16.5. The van der Waals surface area contributed by atoms with Crippen molar-refractivity contribution in [3.63, 3.8) is 0 Å². The molecule has 8 heteroatoms. The lowest BCUT2D eigenvalue weighted by Crippen LogP contribution is -2.17. The van der Waals surface area contributed by atoms with Crippen molar-refractivity contribution < 1.29 is 9.47 Å². The van der Waals surface area contributed by atoms with E-state index in [2.05, 4.69) is 26.7 Å². The molecule has 1 aliphatic heterocycles. The highest BCUT2D eigenvalue weighted by Gasteiger charge is 2.14. The van der Waals surface area contributed by atoms with Crippen LogP contribution in [0.15, 0.2) is 55.1 Å². The average molecular weight is 374 g/mol. The first-order chi connectivity index (χ1) is 13.8. The highest BCUT2D eigenvalue weighted by Crippen LogP contribution is 2.33. The van der Waals surface area contributed by atoms with Crippen molar-refractivity contribution in [2.24, 2.45) is 0 Å². The van der Waals surface area contributed by atoms with Gasteiger partial charge in [0.05, 0.1) is 18.5 Å². The molecule has 4 heterocycles. The molecule has 1 aromatic carbocycles. The first-order valence-corrected chi connectivity index (χ1v) is 8.92. The maximum Gasteiger partial charge on any atom is 0.214 e. The lowest BCUT2D eigenvalue weighted by Gasteiger charge is -2.19. The minimum atomic E-state index is 0.529. The normalized spacial score (nSPS) is 12.8. The van der Waals surface area contributed by atoms with E-state index in [0.29, 0.717) is 18.3 Å². The summed E-state index contributed by atoms with van der Waals surface area (Å²) < 4.78 is 12.8. The molecule has 1 aliphatic rings. The molecule has 0 saturated heterocycles. The topological polar surface area (TPSA) is 85.6 Å². The molecule has 0 spiro atoms. The molecule has 0 saturated carbocycles. The molecule has 8 nitrogen and oxygen atoms in total. The molecule has 5 rings (SSSR count). The van der Waals surface area contributed by atoms with Crippen LogP contribution in [0.3, 0.4) is 0 Å². The number of imidazole rings is 1. The Bertz CT molecular complexity index is 1160. The van der Waals surface area contributed by atoms with Gasteiger partial charge in [0.15, 0.2) is 11.5 Å². The zero-order valence-electron chi connectivity index (χ0n) is 15.2. The van der Waals surface area contributed by atoms with Crippen LogP contribution in [0.5, 0.6) is 11.6 Å². The van der Waals surface area contributed by atoms with Crippen molar-refractivity contribution in [1.82, 2.24) is 19.4 Å². The summed E-state index contributed by atoms with van der Waals surface area (Å²) >= 11 is 0.